The van der Waals surface area contributed by atoms with Gasteiger partial charge in [0.1, 0.15) is 5.82 Å². The Labute approximate surface area is 149 Å². The molecule has 1 fully saturated rings. The first-order chi connectivity index (χ1) is 12.3. The van der Waals surface area contributed by atoms with Crippen LogP contribution in [0.25, 0.3) is 5.69 Å². The van der Waals surface area contributed by atoms with Crippen LogP contribution in [0.5, 0.6) is 0 Å². The maximum absolute atomic E-state index is 9.04. The van der Waals surface area contributed by atoms with Gasteiger partial charge in [-0.2, -0.15) is 10.4 Å². The Balaban J connectivity index is 1.75. The van der Waals surface area contributed by atoms with Crippen molar-refractivity contribution in [3.05, 3.63) is 41.1 Å². The number of nitrogens with zero attached hydrogens (tertiary/aromatic N) is 4. The minimum Gasteiger partial charge on any atom is -0.370 e. The van der Waals surface area contributed by atoms with Crippen molar-refractivity contribution in [1.82, 2.24) is 14.7 Å². The van der Waals surface area contributed by atoms with Crippen LogP contribution in [0, 0.1) is 11.3 Å². The van der Waals surface area contributed by atoms with E-state index in [2.05, 4.69) is 28.0 Å². The van der Waals surface area contributed by atoms with Crippen LogP contribution in [0.2, 0.25) is 0 Å². The van der Waals surface area contributed by atoms with Gasteiger partial charge in [0.25, 0.3) is 0 Å². The molecule has 1 aromatic heterocycles. The Morgan fingerprint density at radius 3 is 2.64 bits per heavy atom. The van der Waals surface area contributed by atoms with Gasteiger partial charge in [0.2, 0.25) is 0 Å². The molecule has 25 heavy (non-hydrogen) atoms. The second-order valence-corrected chi connectivity index (χ2v) is 7.24. The van der Waals surface area contributed by atoms with Crippen LogP contribution in [0.3, 0.4) is 0 Å². The largest absolute Gasteiger partial charge is 0.370 e. The van der Waals surface area contributed by atoms with Gasteiger partial charge < -0.3 is 10.2 Å². The van der Waals surface area contributed by atoms with E-state index in [1.807, 2.05) is 24.3 Å². The summed E-state index contributed by atoms with van der Waals surface area (Å²) in [6.45, 7) is 3.30. The number of piperidine rings is 1. The van der Waals surface area contributed by atoms with Crippen LogP contribution in [-0.2, 0) is 6.42 Å². The lowest BCUT2D eigenvalue weighted by Gasteiger charge is -2.28. The Morgan fingerprint density at radius 2 is 1.92 bits per heavy atom. The molecular weight excluding hydrogens is 310 g/mol. The summed E-state index contributed by atoms with van der Waals surface area (Å²) in [5.41, 5.74) is 4.42. The molecule has 5 nitrogen and oxygen atoms in total. The zero-order valence-electron chi connectivity index (χ0n) is 14.8. The van der Waals surface area contributed by atoms with Gasteiger partial charge in [0.05, 0.1) is 23.0 Å². The Hall–Kier alpha value is -2.32. The fraction of sp³-hybridized carbons (Fsp3) is 0.500. The molecule has 3 heterocycles. The van der Waals surface area contributed by atoms with E-state index < -0.39 is 0 Å². The van der Waals surface area contributed by atoms with Gasteiger partial charge in [-0.05, 0) is 76.5 Å². The van der Waals surface area contributed by atoms with Gasteiger partial charge in [0, 0.05) is 18.0 Å². The lowest BCUT2D eigenvalue weighted by Crippen LogP contribution is -2.29. The highest BCUT2D eigenvalue weighted by atomic mass is 15.3. The highest BCUT2D eigenvalue weighted by Crippen LogP contribution is 2.36. The van der Waals surface area contributed by atoms with Crippen molar-refractivity contribution in [2.45, 2.75) is 38.0 Å². The molecule has 2 aliphatic heterocycles. The molecule has 4 rings (SSSR count). The minimum absolute atomic E-state index is 0.560. The summed E-state index contributed by atoms with van der Waals surface area (Å²) >= 11 is 0. The van der Waals surface area contributed by atoms with E-state index in [1.54, 1.807) is 0 Å². The average Bonchev–Trinajstić information content (AvgIpc) is 2.84. The fourth-order valence-electron chi connectivity index (χ4n) is 4.00. The molecule has 1 saturated heterocycles. The van der Waals surface area contributed by atoms with E-state index in [0.717, 1.165) is 37.6 Å². The molecular formula is C20H25N5. The molecule has 5 heteroatoms. The standard InChI is InChI=1S/C20H25N5/c1-24-12-9-16(10-13-24)19-18-4-2-3-11-22-20(18)25(23-19)17-7-5-15(14-21)6-8-17/h5-8,16,22H,2-4,9-13H2,1H3. The third kappa shape index (κ3) is 3.14. The number of anilines is 1. The van der Waals surface area contributed by atoms with Crippen molar-refractivity contribution in [2.75, 3.05) is 32.0 Å². The third-order valence-corrected chi connectivity index (χ3v) is 5.51. The van der Waals surface area contributed by atoms with Crippen molar-refractivity contribution in [2.24, 2.45) is 0 Å². The van der Waals surface area contributed by atoms with E-state index in [1.165, 1.54) is 36.9 Å². The number of nitriles is 1. The molecule has 0 atom stereocenters. The van der Waals surface area contributed by atoms with Gasteiger partial charge in [0.15, 0.2) is 0 Å². The van der Waals surface area contributed by atoms with E-state index in [4.69, 9.17) is 10.4 Å². The Kier molecular flexibility index (Phi) is 4.46. The Morgan fingerprint density at radius 1 is 1.16 bits per heavy atom. The number of nitrogens with one attached hydrogen (secondary N) is 1. The minimum atomic E-state index is 0.560. The van der Waals surface area contributed by atoms with Gasteiger partial charge in [-0.15, -0.1) is 0 Å². The van der Waals surface area contributed by atoms with Gasteiger partial charge >= 0.3 is 0 Å². The second-order valence-electron chi connectivity index (χ2n) is 7.24. The summed E-state index contributed by atoms with van der Waals surface area (Å²) in [6.07, 6.45) is 5.91. The van der Waals surface area contributed by atoms with E-state index in [-0.39, 0.29) is 0 Å². The Bertz CT molecular complexity index is 776. The van der Waals surface area contributed by atoms with Crippen molar-refractivity contribution in [3.63, 3.8) is 0 Å². The summed E-state index contributed by atoms with van der Waals surface area (Å²) < 4.78 is 2.06. The van der Waals surface area contributed by atoms with Crippen LogP contribution in [-0.4, -0.2) is 41.4 Å². The average molecular weight is 335 g/mol. The first kappa shape index (κ1) is 16.2. The van der Waals surface area contributed by atoms with E-state index in [0.29, 0.717) is 11.5 Å². The van der Waals surface area contributed by atoms with Crippen molar-refractivity contribution < 1.29 is 0 Å². The van der Waals surface area contributed by atoms with E-state index in [9.17, 15) is 0 Å². The highest BCUT2D eigenvalue weighted by Gasteiger charge is 2.28. The first-order valence-electron chi connectivity index (χ1n) is 9.31. The molecule has 0 spiro atoms. The zero-order valence-corrected chi connectivity index (χ0v) is 14.8. The van der Waals surface area contributed by atoms with Crippen LogP contribution in [0.15, 0.2) is 24.3 Å². The molecule has 0 aliphatic carbocycles. The molecule has 0 unspecified atom stereocenters. The zero-order chi connectivity index (χ0) is 17.2. The number of hydrogen-bond donors (Lipinski definition) is 1. The van der Waals surface area contributed by atoms with Gasteiger partial charge in [-0.3, -0.25) is 0 Å². The predicted molar refractivity (Wildman–Crippen MR) is 99.2 cm³/mol. The lowest BCUT2D eigenvalue weighted by atomic mass is 9.90. The molecule has 2 aromatic rings. The summed E-state index contributed by atoms with van der Waals surface area (Å²) in [5, 5.41) is 17.7. The van der Waals surface area contributed by atoms with Gasteiger partial charge in [-0.1, -0.05) is 0 Å². The lowest BCUT2D eigenvalue weighted by molar-refractivity contribution is 0.252. The molecule has 1 aromatic carbocycles. The highest BCUT2D eigenvalue weighted by molar-refractivity contribution is 5.55. The predicted octanol–water partition coefficient (Wildman–Crippen LogP) is 3.30. The molecule has 130 valence electrons. The monoisotopic (exact) mass is 335 g/mol. The summed E-state index contributed by atoms with van der Waals surface area (Å²) in [7, 11) is 2.20. The number of aromatic nitrogens is 2. The second kappa shape index (κ2) is 6.89. The molecule has 0 bridgehead atoms. The summed E-state index contributed by atoms with van der Waals surface area (Å²) in [5.74, 6) is 1.72. The summed E-state index contributed by atoms with van der Waals surface area (Å²) in [6, 6.07) is 9.92. The number of fused-ring (bicyclic) bond motifs is 1. The first-order valence-corrected chi connectivity index (χ1v) is 9.31. The third-order valence-electron chi connectivity index (χ3n) is 5.51. The SMILES string of the molecule is CN1CCC(c2nn(-c3ccc(C#N)cc3)c3c2CCCCN3)CC1. The van der Waals surface area contributed by atoms with Crippen LogP contribution >= 0.6 is 0 Å². The molecule has 0 saturated carbocycles. The van der Waals surface area contributed by atoms with E-state index >= 15 is 0 Å². The molecule has 0 radical (unpaired) electrons. The van der Waals surface area contributed by atoms with Crippen molar-refractivity contribution in [1.29, 1.82) is 5.26 Å². The maximum Gasteiger partial charge on any atom is 0.133 e. The van der Waals surface area contributed by atoms with Gasteiger partial charge in [-0.25, -0.2) is 4.68 Å². The van der Waals surface area contributed by atoms with Crippen LogP contribution < -0.4 is 5.32 Å². The number of hydrogen-bond acceptors (Lipinski definition) is 4. The molecule has 0 amide bonds. The fourth-order valence-corrected chi connectivity index (χ4v) is 4.00. The normalized spacial score (nSPS) is 18.9. The number of benzene rings is 1. The summed E-state index contributed by atoms with van der Waals surface area (Å²) in [4.78, 5) is 2.41. The van der Waals surface area contributed by atoms with Crippen molar-refractivity contribution in [3.8, 4) is 11.8 Å². The van der Waals surface area contributed by atoms with Crippen molar-refractivity contribution >= 4 is 5.82 Å². The van der Waals surface area contributed by atoms with Crippen LogP contribution in [0.1, 0.15) is 48.4 Å². The number of rotatable bonds is 2. The van der Waals surface area contributed by atoms with Crippen LogP contribution in [0.4, 0.5) is 5.82 Å². The number of likely N-dealkylation sites (tertiary alicyclic amines) is 1. The smallest absolute Gasteiger partial charge is 0.133 e. The molecule has 1 N–H and O–H groups in total. The molecule has 2 aliphatic rings. The quantitative estimate of drug-likeness (QED) is 0.915. The topological polar surface area (TPSA) is 56.9 Å². The maximum atomic E-state index is 9.04.